The van der Waals surface area contributed by atoms with Crippen LogP contribution in [0.5, 0.6) is 0 Å². The first-order valence-corrected chi connectivity index (χ1v) is 8.00. The summed E-state index contributed by atoms with van der Waals surface area (Å²) in [6.07, 6.45) is 0. The van der Waals surface area contributed by atoms with Crippen LogP contribution in [-0.4, -0.2) is 25.1 Å². The van der Waals surface area contributed by atoms with E-state index in [0.717, 1.165) is 5.56 Å². The molecule has 3 nitrogen and oxygen atoms in total. The van der Waals surface area contributed by atoms with Crippen LogP contribution in [0.4, 0.5) is 5.69 Å². The SMILES string of the molecule is Cc1ccc(NC(=O)CCl)c(P(C)(C)=O)c1. The van der Waals surface area contributed by atoms with E-state index in [1.165, 1.54) is 0 Å². The first-order chi connectivity index (χ1) is 7.34. The number of hydrogen-bond donors (Lipinski definition) is 1. The van der Waals surface area contributed by atoms with Crippen molar-refractivity contribution in [1.82, 2.24) is 0 Å². The van der Waals surface area contributed by atoms with E-state index < -0.39 is 7.14 Å². The van der Waals surface area contributed by atoms with Crippen molar-refractivity contribution in [3.63, 3.8) is 0 Å². The second-order valence-electron chi connectivity index (χ2n) is 4.05. The van der Waals surface area contributed by atoms with Gasteiger partial charge in [-0.05, 0) is 32.4 Å². The molecule has 0 aliphatic rings. The van der Waals surface area contributed by atoms with Crippen molar-refractivity contribution in [2.75, 3.05) is 24.5 Å². The molecule has 16 heavy (non-hydrogen) atoms. The van der Waals surface area contributed by atoms with Crippen LogP contribution >= 0.6 is 18.7 Å². The summed E-state index contributed by atoms with van der Waals surface area (Å²) in [5, 5.41) is 3.34. The van der Waals surface area contributed by atoms with Gasteiger partial charge < -0.3 is 9.88 Å². The first kappa shape index (κ1) is 13.3. The fraction of sp³-hybridized carbons (Fsp3) is 0.364. The number of carbonyl (C=O) groups is 1. The lowest BCUT2D eigenvalue weighted by atomic mass is 10.2. The third-order valence-electron chi connectivity index (χ3n) is 2.13. The highest BCUT2D eigenvalue weighted by Crippen LogP contribution is 2.37. The van der Waals surface area contributed by atoms with Crippen LogP contribution in [0.3, 0.4) is 0 Å². The minimum Gasteiger partial charge on any atom is -0.324 e. The number of aryl methyl sites for hydroxylation is 1. The van der Waals surface area contributed by atoms with Crippen LogP contribution in [0.1, 0.15) is 5.56 Å². The first-order valence-electron chi connectivity index (χ1n) is 4.86. The molecule has 5 heteroatoms. The van der Waals surface area contributed by atoms with E-state index in [2.05, 4.69) is 5.32 Å². The Morgan fingerprint density at radius 3 is 2.56 bits per heavy atom. The normalized spacial score (nSPS) is 11.2. The lowest BCUT2D eigenvalue weighted by Crippen LogP contribution is -2.19. The third-order valence-corrected chi connectivity index (χ3v) is 3.90. The van der Waals surface area contributed by atoms with Crippen molar-refractivity contribution in [1.29, 1.82) is 0 Å². The second kappa shape index (κ2) is 5.03. The van der Waals surface area contributed by atoms with Crippen LogP contribution in [0.15, 0.2) is 18.2 Å². The Morgan fingerprint density at radius 1 is 1.44 bits per heavy atom. The van der Waals surface area contributed by atoms with Gasteiger partial charge in [-0.3, -0.25) is 4.79 Å². The fourth-order valence-corrected chi connectivity index (χ4v) is 2.67. The van der Waals surface area contributed by atoms with E-state index >= 15 is 0 Å². The zero-order valence-corrected chi connectivity index (χ0v) is 11.2. The van der Waals surface area contributed by atoms with E-state index in [0.29, 0.717) is 11.0 Å². The predicted molar refractivity (Wildman–Crippen MR) is 69.6 cm³/mol. The summed E-state index contributed by atoms with van der Waals surface area (Å²) in [5.74, 6) is -0.398. The number of carbonyl (C=O) groups excluding carboxylic acids is 1. The maximum Gasteiger partial charge on any atom is 0.239 e. The zero-order valence-electron chi connectivity index (χ0n) is 9.58. The van der Waals surface area contributed by atoms with Crippen LogP contribution in [-0.2, 0) is 9.36 Å². The number of alkyl halides is 1. The Labute approximate surface area is 101 Å². The molecule has 88 valence electrons. The summed E-state index contributed by atoms with van der Waals surface area (Å²) in [6.45, 7) is 5.28. The summed E-state index contributed by atoms with van der Waals surface area (Å²) in [4.78, 5) is 11.2. The number of anilines is 1. The van der Waals surface area contributed by atoms with Crippen molar-refractivity contribution < 1.29 is 9.36 Å². The molecule has 0 aliphatic heterocycles. The monoisotopic (exact) mass is 259 g/mol. The van der Waals surface area contributed by atoms with Crippen LogP contribution < -0.4 is 10.6 Å². The Hall–Kier alpha value is -0.790. The molecular weight excluding hydrogens is 245 g/mol. The van der Waals surface area contributed by atoms with Gasteiger partial charge in [-0.2, -0.15) is 0 Å². The van der Waals surface area contributed by atoms with Gasteiger partial charge in [-0.1, -0.05) is 11.6 Å². The smallest absolute Gasteiger partial charge is 0.239 e. The van der Waals surface area contributed by atoms with Crippen LogP contribution in [0.2, 0.25) is 0 Å². The van der Waals surface area contributed by atoms with Crippen molar-refractivity contribution >= 4 is 35.6 Å². The topological polar surface area (TPSA) is 46.2 Å². The molecule has 0 heterocycles. The largest absolute Gasteiger partial charge is 0.324 e. The Morgan fingerprint density at radius 2 is 2.06 bits per heavy atom. The van der Waals surface area contributed by atoms with Gasteiger partial charge in [-0.15, -0.1) is 11.6 Å². The molecule has 0 saturated carbocycles. The van der Waals surface area contributed by atoms with Gasteiger partial charge in [0.2, 0.25) is 5.91 Å². The Bertz CT molecular complexity index is 453. The highest BCUT2D eigenvalue weighted by Gasteiger charge is 2.17. The number of halogens is 1. The van der Waals surface area contributed by atoms with Crippen molar-refractivity contribution in [2.45, 2.75) is 6.92 Å². The highest BCUT2D eigenvalue weighted by atomic mass is 35.5. The van der Waals surface area contributed by atoms with Crippen LogP contribution in [0, 0.1) is 6.92 Å². The maximum absolute atomic E-state index is 12.1. The Balaban J connectivity index is 3.18. The molecule has 0 unspecified atom stereocenters. The quantitative estimate of drug-likeness (QED) is 0.669. The van der Waals surface area contributed by atoms with Gasteiger partial charge in [0.1, 0.15) is 13.0 Å². The van der Waals surface area contributed by atoms with Crippen molar-refractivity contribution in [3.05, 3.63) is 23.8 Å². The number of nitrogens with one attached hydrogen (secondary N) is 1. The van der Waals surface area contributed by atoms with Gasteiger partial charge in [0.05, 0.1) is 5.69 Å². The number of hydrogen-bond acceptors (Lipinski definition) is 2. The maximum atomic E-state index is 12.1. The molecule has 1 aromatic rings. The molecule has 0 aromatic heterocycles. The zero-order chi connectivity index (χ0) is 12.3. The average molecular weight is 260 g/mol. The number of benzene rings is 1. The summed E-state index contributed by atoms with van der Waals surface area (Å²) < 4.78 is 12.1. The molecule has 0 radical (unpaired) electrons. The number of amides is 1. The molecule has 0 fully saturated rings. The molecule has 1 amide bonds. The van der Waals surface area contributed by atoms with Crippen molar-refractivity contribution in [3.8, 4) is 0 Å². The molecule has 0 atom stereocenters. The van der Waals surface area contributed by atoms with E-state index in [9.17, 15) is 9.36 Å². The minimum atomic E-state index is -2.41. The minimum absolute atomic E-state index is 0.106. The summed E-state index contributed by atoms with van der Waals surface area (Å²) >= 11 is 5.42. The highest BCUT2D eigenvalue weighted by molar-refractivity contribution is 7.70. The lowest BCUT2D eigenvalue weighted by Gasteiger charge is -2.14. The average Bonchev–Trinajstić information content (AvgIpc) is 2.19. The van der Waals surface area contributed by atoms with Gasteiger partial charge in [0.15, 0.2) is 0 Å². The molecular formula is C11H15ClNO2P. The Kier molecular flexibility index (Phi) is 4.17. The fourth-order valence-electron chi connectivity index (χ4n) is 1.38. The standard InChI is InChI=1S/C11H15ClNO2P/c1-8-4-5-9(13-11(14)7-12)10(6-8)16(2,3)15/h4-6H,7H2,1-3H3,(H,13,14). The summed E-state index contributed by atoms with van der Waals surface area (Å²) in [5.41, 5.74) is 1.60. The van der Waals surface area contributed by atoms with Gasteiger partial charge >= 0.3 is 0 Å². The van der Waals surface area contributed by atoms with Gasteiger partial charge in [0.25, 0.3) is 0 Å². The third kappa shape index (κ3) is 3.36. The predicted octanol–water partition coefficient (Wildman–Crippen LogP) is 2.42. The molecule has 0 spiro atoms. The molecule has 0 bridgehead atoms. The lowest BCUT2D eigenvalue weighted by molar-refractivity contribution is -0.113. The summed E-state index contributed by atoms with van der Waals surface area (Å²) in [7, 11) is -2.41. The van der Waals surface area contributed by atoms with E-state index in [4.69, 9.17) is 11.6 Å². The molecule has 1 N–H and O–H groups in total. The van der Waals surface area contributed by atoms with E-state index in [-0.39, 0.29) is 11.8 Å². The molecule has 1 aromatic carbocycles. The molecule has 0 aliphatic carbocycles. The second-order valence-corrected chi connectivity index (χ2v) is 7.50. The summed E-state index contributed by atoms with van der Waals surface area (Å²) in [6, 6.07) is 5.46. The molecule has 1 rings (SSSR count). The van der Waals surface area contributed by atoms with Gasteiger partial charge in [0, 0.05) is 5.30 Å². The molecule has 0 saturated heterocycles. The number of rotatable bonds is 3. The van der Waals surface area contributed by atoms with E-state index in [1.54, 1.807) is 19.4 Å². The van der Waals surface area contributed by atoms with Crippen molar-refractivity contribution in [2.24, 2.45) is 0 Å². The van der Waals surface area contributed by atoms with Gasteiger partial charge in [-0.25, -0.2) is 0 Å². The van der Waals surface area contributed by atoms with Crippen LogP contribution in [0.25, 0.3) is 0 Å². The van der Waals surface area contributed by atoms with E-state index in [1.807, 2.05) is 19.1 Å².